The third-order valence-corrected chi connectivity index (χ3v) is 4.36. The molecule has 18 heavy (non-hydrogen) atoms. The maximum absolute atomic E-state index is 12.3. The van der Waals surface area contributed by atoms with Crippen molar-refractivity contribution in [3.63, 3.8) is 0 Å². The highest BCUT2D eigenvalue weighted by atomic mass is 35.5. The molecular weight excluding hydrogens is 248 g/mol. The molecule has 0 unspecified atom stereocenters. The first-order chi connectivity index (χ1) is 8.17. The molecule has 0 aromatic rings. The lowest BCUT2D eigenvalue weighted by molar-refractivity contribution is -0.127. The van der Waals surface area contributed by atoms with Crippen molar-refractivity contribution >= 4 is 18.3 Å². The first-order valence-corrected chi connectivity index (χ1v) is 7.19. The van der Waals surface area contributed by atoms with Crippen molar-refractivity contribution in [2.45, 2.75) is 70.8 Å². The molecule has 1 rings (SSSR count). The second-order valence-corrected chi connectivity index (χ2v) is 5.37. The molecule has 1 aliphatic carbocycles. The van der Waals surface area contributed by atoms with E-state index in [1.807, 2.05) is 0 Å². The molecule has 0 aromatic carbocycles. The van der Waals surface area contributed by atoms with Gasteiger partial charge >= 0.3 is 0 Å². The van der Waals surface area contributed by atoms with Crippen LogP contribution in [0.2, 0.25) is 0 Å². The van der Waals surface area contributed by atoms with Gasteiger partial charge in [-0.1, -0.05) is 39.5 Å². The van der Waals surface area contributed by atoms with Crippen LogP contribution >= 0.6 is 12.4 Å². The molecule has 0 bridgehead atoms. The summed E-state index contributed by atoms with van der Waals surface area (Å²) in [6.45, 7) is 4.74. The van der Waals surface area contributed by atoms with E-state index in [0.29, 0.717) is 6.54 Å². The van der Waals surface area contributed by atoms with Crippen molar-refractivity contribution in [2.75, 3.05) is 6.54 Å². The van der Waals surface area contributed by atoms with Crippen LogP contribution in [0.3, 0.4) is 0 Å². The molecule has 4 heteroatoms. The summed E-state index contributed by atoms with van der Waals surface area (Å²) >= 11 is 0. The lowest BCUT2D eigenvalue weighted by atomic mass is 9.90. The molecule has 1 saturated carbocycles. The van der Waals surface area contributed by atoms with E-state index in [1.165, 1.54) is 25.7 Å². The molecule has 0 atom stereocenters. The first-order valence-electron chi connectivity index (χ1n) is 7.19. The van der Waals surface area contributed by atoms with Gasteiger partial charge in [0.2, 0.25) is 5.91 Å². The molecule has 0 saturated heterocycles. The van der Waals surface area contributed by atoms with Gasteiger partial charge in [-0.05, 0) is 25.7 Å². The number of carbonyl (C=O) groups is 1. The predicted molar refractivity (Wildman–Crippen MR) is 79.0 cm³/mol. The second kappa shape index (κ2) is 8.76. The van der Waals surface area contributed by atoms with E-state index in [0.717, 1.165) is 25.7 Å². The minimum atomic E-state index is -0.177. The number of carbonyl (C=O) groups excluding carboxylic acids is 1. The second-order valence-electron chi connectivity index (χ2n) is 5.37. The molecule has 1 fully saturated rings. The fraction of sp³-hybridized carbons (Fsp3) is 0.929. The lowest BCUT2D eigenvalue weighted by Crippen LogP contribution is -2.54. The molecule has 108 valence electrons. The number of amides is 1. The average Bonchev–Trinajstić information content (AvgIpc) is 2.65. The summed E-state index contributed by atoms with van der Waals surface area (Å²) < 4.78 is 0. The number of hydrogen-bond acceptors (Lipinski definition) is 2. The molecule has 1 amide bonds. The van der Waals surface area contributed by atoms with Crippen LogP contribution in [0.5, 0.6) is 0 Å². The molecule has 0 heterocycles. The fourth-order valence-corrected chi connectivity index (χ4v) is 2.67. The maximum Gasteiger partial charge on any atom is 0.223 e. The molecule has 0 radical (unpaired) electrons. The molecule has 1 aliphatic rings. The highest BCUT2D eigenvalue weighted by Gasteiger charge is 2.29. The van der Waals surface area contributed by atoms with Crippen LogP contribution in [0.1, 0.15) is 65.2 Å². The normalized spacial score (nSPS) is 17.7. The van der Waals surface area contributed by atoms with Gasteiger partial charge in [-0.25, -0.2) is 0 Å². The quantitative estimate of drug-likeness (QED) is 0.759. The predicted octanol–water partition coefficient (Wildman–Crippen LogP) is 3.01. The Labute approximate surface area is 118 Å². The molecule has 0 aromatic heterocycles. The summed E-state index contributed by atoms with van der Waals surface area (Å²) in [7, 11) is 0. The van der Waals surface area contributed by atoms with Gasteiger partial charge in [0.05, 0.1) is 5.54 Å². The van der Waals surface area contributed by atoms with Crippen LogP contribution in [0.15, 0.2) is 0 Å². The van der Waals surface area contributed by atoms with E-state index in [2.05, 4.69) is 19.2 Å². The number of halogens is 1. The van der Waals surface area contributed by atoms with Crippen molar-refractivity contribution in [1.82, 2.24) is 5.32 Å². The van der Waals surface area contributed by atoms with Gasteiger partial charge in [-0.15, -0.1) is 12.4 Å². The Morgan fingerprint density at radius 3 is 2.06 bits per heavy atom. The van der Waals surface area contributed by atoms with Gasteiger partial charge in [0.1, 0.15) is 0 Å². The van der Waals surface area contributed by atoms with E-state index in [4.69, 9.17) is 5.73 Å². The Hall–Kier alpha value is -0.280. The zero-order valence-corrected chi connectivity index (χ0v) is 12.7. The zero-order chi connectivity index (χ0) is 12.7. The van der Waals surface area contributed by atoms with E-state index in [1.54, 1.807) is 0 Å². The molecule has 3 nitrogen and oxygen atoms in total. The molecule has 3 N–H and O–H groups in total. The summed E-state index contributed by atoms with van der Waals surface area (Å²) in [6, 6.07) is 0. The van der Waals surface area contributed by atoms with Gasteiger partial charge in [-0.2, -0.15) is 0 Å². The third-order valence-electron chi connectivity index (χ3n) is 4.36. The Kier molecular flexibility index (Phi) is 8.62. The zero-order valence-electron chi connectivity index (χ0n) is 11.8. The van der Waals surface area contributed by atoms with Gasteiger partial charge < -0.3 is 11.1 Å². The van der Waals surface area contributed by atoms with Crippen molar-refractivity contribution in [2.24, 2.45) is 11.7 Å². The maximum atomic E-state index is 12.3. The summed E-state index contributed by atoms with van der Waals surface area (Å²) in [5.74, 6) is 0.461. The Balaban J connectivity index is 0.00000289. The number of hydrogen-bond donors (Lipinski definition) is 2. The monoisotopic (exact) mass is 276 g/mol. The Morgan fingerprint density at radius 1 is 1.17 bits per heavy atom. The number of nitrogens with two attached hydrogens (primary N) is 1. The standard InChI is InChI=1S/C14H28N2O.ClH/c1-3-14(4-2,11-15)16-13(17)12-9-7-5-6-8-10-12;/h12H,3-11,15H2,1-2H3,(H,16,17);1H. The summed E-state index contributed by atoms with van der Waals surface area (Å²) in [5.41, 5.74) is 5.65. The van der Waals surface area contributed by atoms with Crippen LogP contribution in [0.4, 0.5) is 0 Å². The molecular formula is C14H29ClN2O. The van der Waals surface area contributed by atoms with Crippen molar-refractivity contribution in [3.05, 3.63) is 0 Å². The average molecular weight is 277 g/mol. The fourth-order valence-electron chi connectivity index (χ4n) is 2.67. The van der Waals surface area contributed by atoms with Gasteiger partial charge in [0.15, 0.2) is 0 Å². The highest BCUT2D eigenvalue weighted by Crippen LogP contribution is 2.24. The van der Waals surface area contributed by atoms with Crippen LogP contribution in [-0.2, 0) is 4.79 Å². The van der Waals surface area contributed by atoms with Crippen molar-refractivity contribution < 1.29 is 4.79 Å². The van der Waals surface area contributed by atoms with Crippen molar-refractivity contribution in [3.8, 4) is 0 Å². The minimum absolute atomic E-state index is 0. The minimum Gasteiger partial charge on any atom is -0.349 e. The third kappa shape index (κ3) is 4.77. The van der Waals surface area contributed by atoms with Crippen molar-refractivity contribution in [1.29, 1.82) is 0 Å². The van der Waals surface area contributed by atoms with E-state index < -0.39 is 0 Å². The summed E-state index contributed by atoms with van der Waals surface area (Å²) in [5, 5.41) is 3.21. The lowest BCUT2D eigenvalue weighted by Gasteiger charge is -2.33. The number of nitrogens with one attached hydrogen (secondary N) is 1. The smallest absolute Gasteiger partial charge is 0.223 e. The Bertz CT molecular complexity index is 226. The summed E-state index contributed by atoms with van der Waals surface area (Å²) in [6.07, 6.45) is 8.91. The van der Waals surface area contributed by atoms with Crippen LogP contribution in [0.25, 0.3) is 0 Å². The van der Waals surface area contributed by atoms with Gasteiger partial charge in [0.25, 0.3) is 0 Å². The van der Waals surface area contributed by atoms with Gasteiger partial charge in [0, 0.05) is 12.5 Å². The largest absolute Gasteiger partial charge is 0.349 e. The summed E-state index contributed by atoms with van der Waals surface area (Å²) in [4.78, 5) is 12.3. The highest BCUT2D eigenvalue weighted by molar-refractivity contribution is 5.85. The van der Waals surface area contributed by atoms with Crippen LogP contribution < -0.4 is 11.1 Å². The molecule has 0 spiro atoms. The van der Waals surface area contributed by atoms with E-state index >= 15 is 0 Å². The van der Waals surface area contributed by atoms with E-state index in [9.17, 15) is 4.79 Å². The van der Waals surface area contributed by atoms with Gasteiger partial charge in [-0.3, -0.25) is 4.79 Å². The first kappa shape index (κ1) is 17.7. The Morgan fingerprint density at radius 2 is 1.67 bits per heavy atom. The molecule has 0 aliphatic heterocycles. The van der Waals surface area contributed by atoms with Crippen LogP contribution in [-0.4, -0.2) is 18.0 Å². The number of rotatable bonds is 5. The van der Waals surface area contributed by atoms with Crippen LogP contribution in [0, 0.1) is 5.92 Å². The topological polar surface area (TPSA) is 55.1 Å². The van der Waals surface area contributed by atoms with E-state index in [-0.39, 0.29) is 29.8 Å². The SMILES string of the molecule is CCC(CC)(CN)NC(=O)C1CCCCCC1.Cl.